The van der Waals surface area contributed by atoms with Gasteiger partial charge in [-0.2, -0.15) is 0 Å². The molecule has 0 aliphatic carbocycles. The van der Waals surface area contributed by atoms with E-state index in [4.69, 9.17) is 9.84 Å². The van der Waals surface area contributed by atoms with Gasteiger partial charge in [-0.05, 0) is 24.8 Å². The number of rotatable bonds is 19. The number of aliphatic hydroxyl groups is 1. The molecule has 0 bridgehead atoms. The highest BCUT2D eigenvalue weighted by atomic mass is 16.5. The molecular formula is C25H42O4. The Morgan fingerprint density at radius 2 is 1.38 bits per heavy atom. The lowest BCUT2D eigenvalue weighted by Crippen LogP contribution is -2.28. The summed E-state index contributed by atoms with van der Waals surface area (Å²) in [5, 5.41) is 18.8. The summed E-state index contributed by atoms with van der Waals surface area (Å²) in [6.07, 6.45) is 14.5. The minimum absolute atomic E-state index is 0.0682. The van der Waals surface area contributed by atoms with E-state index in [0.717, 1.165) is 44.1 Å². The highest BCUT2D eigenvalue weighted by Crippen LogP contribution is 2.17. The molecule has 2 atom stereocenters. The first-order valence-electron chi connectivity index (χ1n) is 11.7. The monoisotopic (exact) mass is 406 g/mol. The van der Waals surface area contributed by atoms with E-state index in [9.17, 15) is 9.90 Å². The molecule has 0 saturated heterocycles. The van der Waals surface area contributed by atoms with E-state index in [2.05, 4.69) is 12.1 Å². The molecule has 2 unspecified atom stereocenters. The van der Waals surface area contributed by atoms with E-state index in [-0.39, 0.29) is 12.2 Å². The molecule has 1 rings (SSSR count). The molecule has 0 aliphatic heterocycles. The van der Waals surface area contributed by atoms with Crippen molar-refractivity contribution in [2.24, 2.45) is 0 Å². The van der Waals surface area contributed by atoms with Crippen molar-refractivity contribution in [3.63, 3.8) is 0 Å². The molecule has 4 heteroatoms. The first kappa shape index (κ1) is 25.6. The van der Waals surface area contributed by atoms with Gasteiger partial charge in [0.2, 0.25) is 0 Å². The van der Waals surface area contributed by atoms with Crippen LogP contribution in [0.15, 0.2) is 30.3 Å². The van der Waals surface area contributed by atoms with Gasteiger partial charge in [-0.15, -0.1) is 0 Å². The summed E-state index contributed by atoms with van der Waals surface area (Å²) in [6.45, 7) is 2.58. The standard InChI is InChI=1S/C25H42O4/c1-2-23(26)24(29-21-22-17-13-12-14-18-22)19-15-10-8-6-4-3-5-7-9-11-16-20-25(27)28/h12-14,17-18,23-24,26H,2-11,15-16,19-21H2,1H3,(H,27,28). The van der Waals surface area contributed by atoms with Crippen LogP contribution in [-0.4, -0.2) is 28.4 Å². The van der Waals surface area contributed by atoms with E-state index in [1.165, 1.54) is 44.9 Å². The van der Waals surface area contributed by atoms with Crippen LogP contribution in [0.2, 0.25) is 0 Å². The maximum atomic E-state index is 10.4. The minimum Gasteiger partial charge on any atom is -0.481 e. The van der Waals surface area contributed by atoms with Crippen LogP contribution in [0, 0.1) is 0 Å². The predicted octanol–water partition coefficient (Wildman–Crippen LogP) is 6.50. The van der Waals surface area contributed by atoms with Crippen LogP contribution in [0.4, 0.5) is 0 Å². The molecule has 1 aromatic rings. The van der Waals surface area contributed by atoms with Crippen LogP contribution in [0.1, 0.15) is 102 Å². The number of carbonyl (C=O) groups is 1. The fraction of sp³-hybridized carbons (Fsp3) is 0.720. The second-order valence-corrected chi connectivity index (χ2v) is 8.13. The molecule has 0 amide bonds. The zero-order valence-corrected chi connectivity index (χ0v) is 18.4. The maximum Gasteiger partial charge on any atom is 0.303 e. The highest BCUT2D eigenvalue weighted by Gasteiger charge is 2.17. The molecule has 2 N–H and O–H groups in total. The van der Waals surface area contributed by atoms with Crippen molar-refractivity contribution in [2.45, 2.75) is 116 Å². The number of hydrogen-bond donors (Lipinski definition) is 2. The minimum atomic E-state index is -0.678. The van der Waals surface area contributed by atoms with Crippen molar-refractivity contribution in [3.8, 4) is 0 Å². The van der Waals surface area contributed by atoms with Crippen LogP contribution in [0.3, 0.4) is 0 Å². The topological polar surface area (TPSA) is 66.8 Å². The van der Waals surface area contributed by atoms with Gasteiger partial charge in [0.25, 0.3) is 0 Å². The third kappa shape index (κ3) is 14.3. The van der Waals surface area contributed by atoms with Gasteiger partial charge >= 0.3 is 5.97 Å². The second-order valence-electron chi connectivity index (χ2n) is 8.13. The average Bonchev–Trinajstić information content (AvgIpc) is 2.73. The van der Waals surface area contributed by atoms with Crippen LogP contribution in [-0.2, 0) is 16.1 Å². The molecule has 4 nitrogen and oxygen atoms in total. The van der Waals surface area contributed by atoms with E-state index >= 15 is 0 Å². The molecule has 29 heavy (non-hydrogen) atoms. The average molecular weight is 407 g/mol. The van der Waals surface area contributed by atoms with Gasteiger partial charge in [-0.3, -0.25) is 4.79 Å². The van der Waals surface area contributed by atoms with E-state index in [0.29, 0.717) is 13.0 Å². The normalized spacial score (nSPS) is 13.3. The number of aliphatic hydroxyl groups excluding tert-OH is 1. The van der Waals surface area contributed by atoms with Crippen LogP contribution >= 0.6 is 0 Å². The summed E-state index contributed by atoms with van der Waals surface area (Å²) >= 11 is 0. The number of hydrogen-bond acceptors (Lipinski definition) is 3. The largest absolute Gasteiger partial charge is 0.481 e. The summed E-state index contributed by atoms with van der Waals surface area (Å²) in [4.78, 5) is 10.4. The molecule has 0 saturated carbocycles. The van der Waals surface area contributed by atoms with Crippen molar-refractivity contribution < 1.29 is 19.7 Å². The molecule has 1 aromatic carbocycles. The highest BCUT2D eigenvalue weighted by molar-refractivity contribution is 5.66. The van der Waals surface area contributed by atoms with Crippen molar-refractivity contribution in [1.82, 2.24) is 0 Å². The lowest BCUT2D eigenvalue weighted by molar-refractivity contribution is -0.137. The Hall–Kier alpha value is -1.39. The Morgan fingerprint density at radius 3 is 1.90 bits per heavy atom. The first-order chi connectivity index (χ1) is 14.1. The number of ether oxygens (including phenoxy) is 1. The summed E-state index contributed by atoms with van der Waals surface area (Å²) < 4.78 is 6.01. The van der Waals surface area contributed by atoms with Gasteiger partial charge in [0, 0.05) is 6.42 Å². The van der Waals surface area contributed by atoms with Gasteiger partial charge < -0.3 is 14.9 Å². The molecular weight excluding hydrogens is 364 g/mol. The number of carboxylic acids is 1. The van der Waals surface area contributed by atoms with Gasteiger partial charge in [-0.1, -0.05) is 101 Å². The van der Waals surface area contributed by atoms with Crippen molar-refractivity contribution >= 4 is 5.97 Å². The molecule has 0 heterocycles. The Balaban J connectivity index is 1.99. The molecule has 166 valence electrons. The lowest BCUT2D eigenvalue weighted by Gasteiger charge is -2.22. The summed E-state index contributed by atoms with van der Waals surface area (Å²) in [6, 6.07) is 10.2. The van der Waals surface area contributed by atoms with Crippen LogP contribution < -0.4 is 0 Å². The SMILES string of the molecule is CCC(O)C(CCCCCCCCCCCCCC(=O)O)OCc1ccccc1. The summed E-state index contributed by atoms with van der Waals surface area (Å²) in [7, 11) is 0. The van der Waals surface area contributed by atoms with Crippen molar-refractivity contribution in [1.29, 1.82) is 0 Å². The molecule has 0 radical (unpaired) electrons. The van der Waals surface area contributed by atoms with Gasteiger partial charge in [0.05, 0.1) is 18.8 Å². The fourth-order valence-electron chi connectivity index (χ4n) is 3.64. The van der Waals surface area contributed by atoms with Crippen molar-refractivity contribution in [3.05, 3.63) is 35.9 Å². The number of carboxylic acid groups (broad SMARTS) is 1. The predicted molar refractivity (Wildman–Crippen MR) is 119 cm³/mol. The molecule has 0 fully saturated rings. The third-order valence-electron chi connectivity index (χ3n) is 5.53. The molecule has 0 aromatic heterocycles. The number of aliphatic carboxylic acids is 1. The smallest absolute Gasteiger partial charge is 0.303 e. The maximum absolute atomic E-state index is 10.4. The summed E-state index contributed by atoms with van der Waals surface area (Å²) in [5.41, 5.74) is 1.16. The van der Waals surface area contributed by atoms with Crippen LogP contribution in [0.25, 0.3) is 0 Å². The quantitative estimate of drug-likeness (QED) is 0.257. The van der Waals surface area contributed by atoms with E-state index in [1.807, 2.05) is 25.1 Å². The summed E-state index contributed by atoms with van der Waals surface area (Å²) in [5.74, 6) is -0.678. The Bertz CT molecular complexity index is 503. The van der Waals surface area contributed by atoms with Crippen molar-refractivity contribution in [2.75, 3.05) is 0 Å². The van der Waals surface area contributed by atoms with Gasteiger partial charge in [-0.25, -0.2) is 0 Å². The zero-order valence-electron chi connectivity index (χ0n) is 18.4. The molecule has 0 spiro atoms. The number of unbranched alkanes of at least 4 members (excludes halogenated alkanes) is 10. The first-order valence-corrected chi connectivity index (χ1v) is 11.7. The van der Waals surface area contributed by atoms with E-state index < -0.39 is 5.97 Å². The Morgan fingerprint density at radius 1 is 0.862 bits per heavy atom. The second kappa shape index (κ2) is 17.5. The van der Waals surface area contributed by atoms with Gasteiger partial charge in [0.1, 0.15) is 0 Å². The third-order valence-corrected chi connectivity index (χ3v) is 5.53. The van der Waals surface area contributed by atoms with Crippen LogP contribution in [0.5, 0.6) is 0 Å². The molecule has 0 aliphatic rings. The van der Waals surface area contributed by atoms with Gasteiger partial charge in [0.15, 0.2) is 0 Å². The zero-order chi connectivity index (χ0) is 21.2. The Labute approximate surface area is 177 Å². The van der Waals surface area contributed by atoms with E-state index in [1.54, 1.807) is 0 Å². The Kier molecular flexibility index (Phi) is 15.4. The number of benzene rings is 1. The fourth-order valence-corrected chi connectivity index (χ4v) is 3.64. The lowest BCUT2D eigenvalue weighted by atomic mass is 10.0.